The fraction of sp³-hybridized carbons (Fsp3) is 0.273. The van der Waals surface area contributed by atoms with Crippen LogP contribution in [-0.2, 0) is 17.6 Å². The number of hydrogen-bond acceptors (Lipinski definition) is 2. The Labute approximate surface area is 76.6 Å². The molecule has 0 fully saturated rings. The summed E-state index contributed by atoms with van der Waals surface area (Å²) in [5, 5.41) is 0. The van der Waals surface area contributed by atoms with Crippen molar-refractivity contribution in [3.05, 3.63) is 34.9 Å². The molecular formula is C11H10O2. The normalized spacial score (nSPS) is 14.8. The fourth-order valence-corrected chi connectivity index (χ4v) is 1.64. The average Bonchev–Trinajstić information content (AvgIpc) is 2.42. The van der Waals surface area contributed by atoms with Crippen molar-refractivity contribution in [2.75, 3.05) is 0 Å². The average molecular weight is 174 g/mol. The zero-order valence-corrected chi connectivity index (χ0v) is 7.46. The minimum atomic E-state index is -0.322. The summed E-state index contributed by atoms with van der Waals surface area (Å²) in [6, 6.07) is 5.63. The molecule has 13 heavy (non-hydrogen) atoms. The van der Waals surface area contributed by atoms with Gasteiger partial charge in [-0.3, -0.25) is 9.59 Å². The summed E-state index contributed by atoms with van der Waals surface area (Å²) in [5.74, 6) is -0.596. The van der Waals surface area contributed by atoms with Crippen LogP contribution >= 0.6 is 0 Å². The highest BCUT2D eigenvalue weighted by Crippen LogP contribution is 2.20. The molecular weight excluding hydrogens is 164 g/mol. The third kappa shape index (κ3) is 1.18. The maximum absolute atomic E-state index is 11.2. The van der Waals surface area contributed by atoms with Crippen molar-refractivity contribution in [1.82, 2.24) is 0 Å². The Kier molecular flexibility index (Phi) is 1.76. The Morgan fingerprint density at radius 1 is 1.31 bits per heavy atom. The van der Waals surface area contributed by atoms with E-state index in [2.05, 4.69) is 6.92 Å². The molecule has 1 aliphatic carbocycles. The van der Waals surface area contributed by atoms with Crippen molar-refractivity contribution in [2.24, 2.45) is 0 Å². The second-order valence-corrected chi connectivity index (χ2v) is 3.27. The molecule has 0 saturated heterocycles. The summed E-state index contributed by atoms with van der Waals surface area (Å²) in [5.41, 5.74) is 2.68. The van der Waals surface area contributed by atoms with Crippen molar-refractivity contribution in [3.8, 4) is 0 Å². The number of aryl methyl sites for hydroxylation is 1. The summed E-state index contributed by atoms with van der Waals surface area (Å²) in [7, 11) is 0. The molecule has 66 valence electrons. The van der Waals surface area contributed by atoms with Crippen LogP contribution in [-0.4, -0.2) is 11.6 Å². The molecule has 1 aromatic rings. The largest absolute Gasteiger partial charge is 0.290 e. The second kappa shape index (κ2) is 2.80. The summed E-state index contributed by atoms with van der Waals surface area (Å²) in [6.45, 7) is 2.06. The number of fused-ring (bicyclic) bond motifs is 1. The topological polar surface area (TPSA) is 34.1 Å². The van der Waals surface area contributed by atoms with E-state index >= 15 is 0 Å². The zero-order valence-electron chi connectivity index (χ0n) is 7.46. The molecule has 0 aliphatic heterocycles. The van der Waals surface area contributed by atoms with Gasteiger partial charge in [-0.25, -0.2) is 0 Å². The van der Waals surface area contributed by atoms with E-state index in [4.69, 9.17) is 0 Å². The molecule has 0 unspecified atom stereocenters. The minimum Gasteiger partial charge on any atom is -0.290 e. The van der Waals surface area contributed by atoms with Crippen LogP contribution in [0.15, 0.2) is 18.2 Å². The molecule has 0 saturated carbocycles. The monoisotopic (exact) mass is 174 g/mol. The number of rotatable bonds is 1. The fourth-order valence-electron chi connectivity index (χ4n) is 1.64. The number of Topliss-reactive ketones (excluding diaryl/α,β-unsaturated/α-hetero) is 2. The lowest BCUT2D eigenvalue weighted by Gasteiger charge is -1.99. The maximum atomic E-state index is 11.2. The molecule has 0 aromatic heterocycles. The van der Waals surface area contributed by atoms with E-state index < -0.39 is 0 Å². The first-order chi connectivity index (χ1) is 6.22. The highest BCUT2D eigenvalue weighted by Gasteiger charge is 2.27. The van der Waals surface area contributed by atoms with Crippen LogP contribution < -0.4 is 0 Å². The first-order valence-electron chi connectivity index (χ1n) is 4.41. The van der Waals surface area contributed by atoms with Crippen molar-refractivity contribution in [1.29, 1.82) is 0 Å². The van der Waals surface area contributed by atoms with Gasteiger partial charge in [0.1, 0.15) is 0 Å². The van der Waals surface area contributed by atoms with Crippen LogP contribution in [0, 0.1) is 0 Å². The SMILES string of the molecule is CCc1ccc2c(c1)CC(=O)C2=O. The Morgan fingerprint density at radius 2 is 2.08 bits per heavy atom. The van der Waals surface area contributed by atoms with Gasteiger partial charge in [0.2, 0.25) is 11.6 Å². The smallest absolute Gasteiger partial charge is 0.229 e. The Morgan fingerprint density at radius 3 is 2.77 bits per heavy atom. The van der Waals surface area contributed by atoms with Crippen LogP contribution in [0.5, 0.6) is 0 Å². The molecule has 0 heterocycles. The zero-order chi connectivity index (χ0) is 9.42. The van der Waals surface area contributed by atoms with Crippen LogP contribution in [0.1, 0.15) is 28.4 Å². The van der Waals surface area contributed by atoms with Crippen LogP contribution in [0.25, 0.3) is 0 Å². The molecule has 2 nitrogen and oxygen atoms in total. The van der Waals surface area contributed by atoms with Gasteiger partial charge in [-0.15, -0.1) is 0 Å². The lowest BCUT2D eigenvalue weighted by atomic mass is 10.0. The van der Waals surface area contributed by atoms with Gasteiger partial charge in [0.15, 0.2) is 0 Å². The van der Waals surface area contributed by atoms with Gasteiger partial charge in [0, 0.05) is 12.0 Å². The molecule has 0 N–H and O–H groups in total. The Hall–Kier alpha value is -1.44. The molecule has 1 aromatic carbocycles. The summed E-state index contributed by atoms with van der Waals surface area (Å²) in [4.78, 5) is 22.3. The second-order valence-electron chi connectivity index (χ2n) is 3.27. The van der Waals surface area contributed by atoms with E-state index in [0.717, 1.165) is 12.0 Å². The molecule has 0 bridgehead atoms. The standard InChI is InChI=1S/C11H10O2/c1-2-7-3-4-9-8(5-7)6-10(12)11(9)13/h3-5H,2,6H2,1H3. The van der Waals surface area contributed by atoms with Crippen molar-refractivity contribution < 1.29 is 9.59 Å². The molecule has 0 atom stereocenters. The molecule has 2 heteroatoms. The lowest BCUT2D eigenvalue weighted by Crippen LogP contribution is -2.05. The van der Waals surface area contributed by atoms with Gasteiger partial charge in [0.05, 0.1) is 0 Å². The minimum absolute atomic E-state index is 0.275. The summed E-state index contributed by atoms with van der Waals surface area (Å²) in [6.07, 6.45) is 1.23. The molecule has 2 rings (SSSR count). The van der Waals surface area contributed by atoms with E-state index in [-0.39, 0.29) is 11.6 Å². The molecule has 0 spiro atoms. The third-order valence-corrected chi connectivity index (χ3v) is 2.43. The van der Waals surface area contributed by atoms with Crippen molar-refractivity contribution in [2.45, 2.75) is 19.8 Å². The van der Waals surface area contributed by atoms with E-state index in [0.29, 0.717) is 12.0 Å². The van der Waals surface area contributed by atoms with Crippen LogP contribution in [0.2, 0.25) is 0 Å². The van der Waals surface area contributed by atoms with Gasteiger partial charge in [-0.05, 0) is 17.5 Å². The molecule has 0 radical (unpaired) electrons. The third-order valence-electron chi connectivity index (χ3n) is 2.43. The first-order valence-corrected chi connectivity index (χ1v) is 4.41. The summed E-state index contributed by atoms with van der Waals surface area (Å²) < 4.78 is 0. The lowest BCUT2D eigenvalue weighted by molar-refractivity contribution is -0.114. The highest BCUT2D eigenvalue weighted by atomic mass is 16.2. The molecule has 1 aliphatic rings. The number of carbonyl (C=O) groups excluding carboxylic acids is 2. The van der Waals surface area contributed by atoms with Gasteiger partial charge in [-0.2, -0.15) is 0 Å². The number of carbonyl (C=O) groups is 2. The Bertz CT molecular complexity index is 391. The maximum Gasteiger partial charge on any atom is 0.229 e. The Balaban J connectivity index is 2.52. The van der Waals surface area contributed by atoms with E-state index in [1.54, 1.807) is 6.07 Å². The predicted molar refractivity (Wildman–Crippen MR) is 48.9 cm³/mol. The van der Waals surface area contributed by atoms with E-state index in [1.165, 1.54) is 5.56 Å². The van der Waals surface area contributed by atoms with Gasteiger partial charge < -0.3 is 0 Å². The van der Waals surface area contributed by atoms with Crippen LogP contribution in [0.3, 0.4) is 0 Å². The van der Waals surface area contributed by atoms with E-state index in [9.17, 15) is 9.59 Å². The van der Waals surface area contributed by atoms with E-state index in [1.807, 2.05) is 12.1 Å². The van der Waals surface area contributed by atoms with Crippen molar-refractivity contribution in [3.63, 3.8) is 0 Å². The number of benzene rings is 1. The quantitative estimate of drug-likeness (QED) is 0.605. The highest BCUT2D eigenvalue weighted by molar-refractivity contribution is 6.47. The molecule has 0 amide bonds. The van der Waals surface area contributed by atoms with Gasteiger partial charge >= 0.3 is 0 Å². The van der Waals surface area contributed by atoms with Gasteiger partial charge in [0.25, 0.3) is 0 Å². The number of hydrogen-bond donors (Lipinski definition) is 0. The first kappa shape index (κ1) is 8.17. The van der Waals surface area contributed by atoms with Gasteiger partial charge in [-0.1, -0.05) is 25.1 Å². The van der Waals surface area contributed by atoms with Crippen molar-refractivity contribution >= 4 is 11.6 Å². The predicted octanol–water partition coefficient (Wildman–Crippen LogP) is 1.56. The number of ketones is 2. The van der Waals surface area contributed by atoms with Crippen LogP contribution in [0.4, 0.5) is 0 Å². The summed E-state index contributed by atoms with van der Waals surface area (Å²) >= 11 is 0.